The lowest BCUT2D eigenvalue weighted by Crippen LogP contribution is -2.14. The molecule has 32 heavy (non-hydrogen) atoms. The van der Waals surface area contributed by atoms with Crippen LogP contribution in [-0.2, 0) is 22.4 Å². The molecule has 1 N–H and O–H groups in total. The molecule has 0 radical (unpaired) electrons. The molecule has 9 nitrogen and oxygen atoms in total. The van der Waals surface area contributed by atoms with E-state index in [9.17, 15) is 0 Å². The van der Waals surface area contributed by atoms with Crippen molar-refractivity contribution in [3.63, 3.8) is 0 Å². The molecule has 0 saturated heterocycles. The minimum absolute atomic E-state index is 0.556. The first-order chi connectivity index (χ1) is 15.7. The molecule has 0 unspecified atom stereocenters. The van der Waals surface area contributed by atoms with E-state index < -0.39 is 6.29 Å². The average molecular weight is 434 g/mol. The van der Waals surface area contributed by atoms with Crippen LogP contribution in [0.5, 0.6) is 0 Å². The summed E-state index contributed by atoms with van der Waals surface area (Å²) < 4.78 is 12.8. The van der Waals surface area contributed by atoms with E-state index in [-0.39, 0.29) is 0 Å². The summed E-state index contributed by atoms with van der Waals surface area (Å²) in [7, 11) is 3.21. The highest BCUT2D eigenvalue weighted by Crippen LogP contribution is 2.30. The topological polar surface area (TPSA) is 104 Å². The number of nitrogens with zero attached hydrogens (tertiary/aromatic N) is 6. The zero-order valence-electron chi connectivity index (χ0n) is 18.5. The maximum Gasteiger partial charge on any atom is 0.218 e. The molecule has 4 aromatic rings. The Balaban J connectivity index is 1.59. The Morgan fingerprint density at radius 3 is 2.41 bits per heavy atom. The van der Waals surface area contributed by atoms with Gasteiger partial charge in [0.05, 0.1) is 6.54 Å². The van der Waals surface area contributed by atoms with Gasteiger partial charge in [0.2, 0.25) is 6.29 Å². The van der Waals surface area contributed by atoms with Crippen molar-refractivity contribution >= 4 is 0 Å². The predicted molar refractivity (Wildman–Crippen MR) is 120 cm³/mol. The Morgan fingerprint density at radius 1 is 1.00 bits per heavy atom. The number of aromatic nitrogens is 7. The fraction of sp³-hybridized carbons (Fsp3) is 0.348. The van der Waals surface area contributed by atoms with Crippen molar-refractivity contribution in [2.45, 2.75) is 39.0 Å². The van der Waals surface area contributed by atoms with Gasteiger partial charge in [-0.2, -0.15) is 5.10 Å². The second kappa shape index (κ2) is 10.3. The summed E-state index contributed by atoms with van der Waals surface area (Å²) in [6.45, 7) is 2.73. The standard InChI is InChI=1S/C23H27N7O2/c1-4-5-10-20-24-22(23(31-2)32-3)30(27-20)15-16-11-13-17(14-12-16)18-8-6-7-9-19(18)21-25-28-29-26-21/h6-9,11-14,23H,4-5,10,15H2,1-3H3,(H,25,26,28,29). The zero-order chi connectivity index (χ0) is 22.3. The van der Waals surface area contributed by atoms with E-state index in [1.54, 1.807) is 14.2 Å². The lowest BCUT2D eigenvalue weighted by atomic mass is 9.98. The maximum absolute atomic E-state index is 5.44. The van der Waals surface area contributed by atoms with E-state index in [0.717, 1.165) is 47.3 Å². The van der Waals surface area contributed by atoms with Gasteiger partial charge in [-0.3, -0.25) is 0 Å². The van der Waals surface area contributed by atoms with Gasteiger partial charge >= 0.3 is 0 Å². The lowest BCUT2D eigenvalue weighted by molar-refractivity contribution is -0.113. The third-order valence-corrected chi connectivity index (χ3v) is 5.26. The predicted octanol–water partition coefficient (Wildman–Crippen LogP) is 3.81. The van der Waals surface area contributed by atoms with Gasteiger partial charge < -0.3 is 9.47 Å². The normalized spacial score (nSPS) is 11.4. The summed E-state index contributed by atoms with van der Waals surface area (Å²) in [5.41, 5.74) is 4.19. The van der Waals surface area contributed by atoms with Crippen molar-refractivity contribution in [1.82, 2.24) is 35.4 Å². The summed E-state index contributed by atoms with van der Waals surface area (Å²) in [4.78, 5) is 4.67. The molecule has 166 valence electrons. The molecule has 0 bridgehead atoms. The third kappa shape index (κ3) is 4.74. The van der Waals surface area contributed by atoms with Crippen LogP contribution in [0.4, 0.5) is 0 Å². The van der Waals surface area contributed by atoms with E-state index in [0.29, 0.717) is 18.2 Å². The number of H-pyrrole nitrogens is 1. The maximum atomic E-state index is 5.44. The molecule has 0 aliphatic carbocycles. The summed E-state index contributed by atoms with van der Waals surface area (Å²) in [6.07, 6.45) is 2.42. The molecule has 0 aliphatic heterocycles. The lowest BCUT2D eigenvalue weighted by Gasteiger charge is -2.14. The number of aryl methyl sites for hydroxylation is 1. The Morgan fingerprint density at radius 2 is 1.75 bits per heavy atom. The molecular weight excluding hydrogens is 406 g/mol. The van der Waals surface area contributed by atoms with Crippen molar-refractivity contribution in [2.24, 2.45) is 0 Å². The van der Waals surface area contributed by atoms with Gasteiger partial charge in [-0.25, -0.2) is 14.8 Å². The van der Waals surface area contributed by atoms with Crippen molar-refractivity contribution in [2.75, 3.05) is 14.2 Å². The molecule has 2 heterocycles. The number of nitrogens with one attached hydrogen (secondary N) is 1. The highest BCUT2D eigenvalue weighted by molar-refractivity contribution is 5.80. The first-order valence-electron chi connectivity index (χ1n) is 10.6. The van der Waals surface area contributed by atoms with Gasteiger partial charge in [-0.05, 0) is 33.5 Å². The molecular formula is C23H27N7O2. The van der Waals surface area contributed by atoms with Crippen LogP contribution in [0, 0.1) is 0 Å². The first-order valence-corrected chi connectivity index (χ1v) is 10.6. The number of unbranched alkanes of at least 4 members (excludes halogenated alkanes) is 1. The number of ether oxygens (including phenoxy) is 2. The Bertz CT molecular complexity index is 1120. The number of aromatic amines is 1. The van der Waals surface area contributed by atoms with E-state index in [1.165, 1.54) is 0 Å². The van der Waals surface area contributed by atoms with Crippen molar-refractivity contribution < 1.29 is 9.47 Å². The highest BCUT2D eigenvalue weighted by Gasteiger charge is 2.20. The molecule has 0 aliphatic rings. The Kier molecular flexibility index (Phi) is 6.98. The van der Waals surface area contributed by atoms with Crippen molar-refractivity contribution in [3.05, 3.63) is 65.7 Å². The fourth-order valence-electron chi connectivity index (χ4n) is 3.62. The minimum Gasteiger partial charge on any atom is -0.349 e. The number of rotatable bonds is 10. The van der Waals surface area contributed by atoms with Crippen LogP contribution < -0.4 is 0 Å². The van der Waals surface area contributed by atoms with Gasteiger partial charge in [0.1, 0.15) is 0 Å². The summed E-state index contributed by atoms with van der Waals surface area (Å²) in [5.74, 6) is 2.13. The van der Waals surface area contributed by atoms with Gasteiger partial charge in [0, 0.05) is 26.2 Å². The minimum atomic E-state index is -0.556. The van der Waals surface area contributed by atoms with Crippen LogP contribution in [0.25, 0.3) is 22.5 Å². The van der Waals surface area contributed by atoms with Crippen LogP contribution in [0.1, 0.15) is 43.3 Å². The number of benzene rings is 2. The van der Waals surface area contributed by atoms with E-state index in [4.69, 9.17) is 14.6 Å². The van der Waals surface area contributed by atoms with Gasteiger partial charge in [-0.1, -0.05) is 61.9 Å². The van der Waals surface area contributed by atoms with Crippen LogP contribution in [0.2, 0.25) is 0 Å². The van der Waals surface area contributed by atoms with Gasteiger partial charge in [0.25, 0.3) is 0 Å². The van der Waals surface area contributed by atoms with Crippen molar-refractivity contribution in [1.29, 1.82) is 0 Å². The second-order valence-electron chi connectivity index (χ2n) is 7.44. The Hall–Kier alpha value is -3.43. The van der Waals surface area contributed by atoms with Gasteiger partial charge in [-0.15, -0.1) is 5.10 Å². The van der Waals surface area contributed by atoms with Crippen LogP contribution in [0.3, 0.4) is 0 Å². The molecule has 0 atom stereocenters. The molecule has 2 aromatic heterocycles. The quantitative estimate of drug-likeness (QED) is 0.379. The number of hydrogen-bond acceptors (Lipinski definition) is 7. The molecule has 9 heteroatoms. The highest BCUT2D eigenvalue weighted by atomic mass is 16.7. The first kappa shape index (κ1) is 21.8. The monoisotopic (exact) mass is 433 g/mol. The number of tetrazole rings is 1. The zero-order valence-corrected chi connectivity index (χ0v) is 18.5. The van der Waals surface area contributed by atoms with E-state index in [2.05, 4.69) is 62.9 Å². The van der Waals surface area contributed by atoms with E-state index in [1.807, 2.05) is 22.9 Å². The molecule has 4 rings (SSSR count). The summed E-state index contributed by atoms with van der Waals surface area (Å²) in [5, 5.41) is 19.0. The number of hydrogen-bond donors (Lipinski definition) is 1. The molecule has 2 aromatic carbocycles. The molecule has 0 amide bonds. The van der Waals surface area contributed by atoms with Crippen LogP contribution in [0.15, 0.2) is 48.5 Å². The van der Waals surface area contributed by atoms with Gasteiger partial charge in [0.15, 0.2) is 17.5 Å². The smallest absolute Gasteiger partial charge is 0.218 e. The van der Waals surface area contributed by atoms with Crippen molar-refractivity contribution in [3.8, 4) is 22.5 Å². The third-order valence-electron chi connectivity index (χ3n) is 5.26. The summed E-state index contributed by atoms with van der Waals surface area (Å²) >= 11 is 0. The number of methoxy groups -OCH3 is 2. The van der Waals surface area contributed by atoms with Crippen LogP contribution in [-0.4, -0.2) is 49.6 Å². The largest absolute Gasteiger partial charge is 0.349 e. The SMILES string of the molecule is CCCCc1nc(C(OC)OC)n(Cc2ccc(-c3ccccc3-c3nnn[nH]3)cc2)n1. The Labute approximate surface area is 186 Å². The fourth-order valence-corrected chi connectivity index (χ4v) is 3.62. The second-order valence-corrected chi connectivity index (χ2v) is 7.44. The molecule has 0 saturated carbocycles. The molecule has 0 fully saturated rings. The van der Waals surface area contributed by atoms with Crippen LogP contribution >= 0.6 is 0 Å². The molecule has 0 spiro atoms. The summed E-state index contributed by atoms with van der Waals surface area (Å²) in [6, 6.07) is 16.4. The average Bonchev–Trinajstić information content (AvgIpc) is 3.50. The van der Waals surface area contributed by atoms with E-state index >= 15 is 0 Å².